The number of anilines is 1. The Balaban J connectivity index is 1.52. The van der Waals surface area contributed by atoms with Crippen molar-refractivity contribution in [1.29, 1.82) is 0 Å². The molecule has 4 aromatic rings. The van der Waals surface area contributed by atoms with Crippen molar-refractivity contribution >= 4 is 23.2 Å². The van der Waals surface area contributed by atoms with Crippen LogP contribution in [0.3, 0.4) is 0 Å². The Labute approximate surface area is 193 Å². The molecule has 0 bridgehead atoms. The topological polar surface area (TPSA) is 121 Å². The van der Waals surface area contributed by atoms with Gasteiger partial charge in [0.25, 0.3) is 11.5 Å². The van der Waals surface area contributed by atoms with Crippen LogP contribution in [0, 0.1) is 6.92 Å². The largest absolute Gasteiger partial charge is 0.496 e. The van der Waals surface area contributed by atoms with E-state index in [9.17, 15) is 14.4 Å². The molecule has 4 rings (SSSR count). The fourth-order valence-electron chi connectivity index (χ4n) is 3.32. The Morgan fingerprint density at radius 3 is 2.56 bits per heavy atom. The lowest BCUT2D eigenvalue weighted by Gasteiger charge is -2.13. The van der Waals surface area contributed by atoms with E-state index in [-0.39, 0.29) is 23.6 Å². The van der Waals surface area contributed by atoms with Crippen LogP contribution in [0.15, 0.2) is 63.9 Å². The lowest BCUT2D eigenvalue weighted by atomic mass is 10.1. The van der Waals surface area contributed by atoms with E-state index in [1.165, 1.54) is 32.4 Å². The monoisotopic (exact) mass is 463 g/mol. The third-order valence-electron chi connectivity index (χ3n) is 4.91. The quantitative estimate of drug-likeness (QED) is 0.415. The summed E-state index contributed by atoms with van der Waals surface area (Å²) in [7, 11) is 2.92. The number of carbonyl (C=O) groups is 2. The summed E-state index contributed by atoms with van der Waals surface area (Å²) >= 11 is 0. The lowest BCUT2D eigenvalue weighted by Crippen LogP contribution is -2.16. The first-order valence-corrected chi connectivity index (χ1v) is 10.2. The molecule has 0 aliphatic heterocycles. The van der Waals surface area contributed by atoms with Gasteiger partial charge in [0.1, 0.15) is 23.9 Å². The van der Waals surface area contributed by atoms with Crippen LogP contribution in [-0.2, 0) is 11.3 Å². The van der Waals surface area contributed by atoms with Crippen molar-refractivity contribution in [2.45, 2.75) is 13.5 Å². The summed E-state index contributed by atoms with van der Waals surface area (Å²) in [6.07, 6.45) is 0. The summed E-state index contributed by atoms with van der Waals surface area (Å²) in [5.41, 5.74) is 0.948. The van der Waals surface area contributed by atoms with Gasteiger partial charge in [-0.15, -0.1) is 4.57 Å². The maximum absolute atomic E-state index is 12.8. The second kappa shape index (κ2) is 9.49. The van der Waals surface area contributed by atoms with Gasteiger partial charge < -0.3 is 24.1 Å². The van der Waals surface area contributed by atoms with Crippen molar-refractivity contribution in [3.05, 3.63) is 87.5 Å². The highest BCUT2D eigenvalue weighted by Gasteiger charge is 2.17. The summed E-state index contributed by atoms with van der Waals surface area (Å²) in [5, 5.41) is 2.73. The van der Waals surface area contributed by atoms with Crippen molar-refractivity contribution in [3.63, 3.8) is 0 Å². The number of aryl methyl sites for hydroxylation is 1. The number of nitrogens with zero attached hydrogens (tertiary/aromatic N) is 2. The molecule has 0 atom stereocenters. The van der Waals surface area contributed by atoms with E-state index < -0.39 is 17.4 Å². The second-order valence-corrected chi connectivity index (χ2v) is 7.23. The van der Waals surface area contributed by atoms with Crippen LogP contribution in [0.2, 0.25) is 0 Å². The minimum absolute atomic E-state index is 0.174. The Morgan fingerprint density at radius 2 is 1.79 bits per heavy atom. The van der Waals surface area contributed by atoms with Gasteiger partial charge in [-0.1, -0.05) is 12.1 Å². The van der Waals surface area contributed by atoms with Crippen LogP contribution in [0.25, 0.3) is 5.65 Å². The van der Waals surface area contributed by atoms with E-state index in [0.717, 1.165) is 4.57 Å². The normalized spacial score (nSPS) is 10.7. The molecule has 0 saturated heterocycles. The number of amides is 1. The molecule has 34 heavy (non-hydrogen) atoms. The molecule has 10 nitrogen and oxygen atoms in total. The van der Waals surface area contributed by atoms with Crippen molar-refractivity contribution in [1.82, 2.24) is 9.56 Å². The molecule has 2 heterocycles. The summed E-state index contributed by atoms with van der Waals surface area (Å²) in [6.45, 7) is 1.48. The van der Waals surface area contributed by atoms with E-state index >= 15 is 0 Å². The Hall–Kier alpha value is -4.60. The predicted octanol–water partition coefficient (Wildman–Crippen LogP) is 3.22. The molecule has 1 amide bonds. The predicted molar refractivity (Wildman–Crippen MR) is 122 cm³/mol. The zero-order valence-electron chi connectivity index (χ0n) is 18.7. The highest BCUT2D eigenvalue weighted by Crippen LogP contribution is 2.28. The Morgan fingerprint density at radius 1 is 1.03 bits per heavy atom. The SMILES string of the molecule is COc1ccc(C(=O)OCc2cc(=O)n3oc(C)cc3n2)cc1NC(=O)c1ccccc1OC. The number of hydrogen-bond acceptors (Lipinski definition) is 8. The molecule has 0 unspecified atom stereocenters. The first kappa shape index (κ1) is 22.6. The Bertz CT molecular complexity index is 1440. The first-order valence-electron chi connectivity index (χ1n) is 10.2. The van der Waals surface area contributed by atoms with Gasteiger partial charge >= 0.3 is 5.97 Å². The molecule has 0 saturated carbocycles. The lowest BCUT2D eigenvalue weighted by molar-refractivity contribution is 0.0467. The van der Waals surface area contributed by atoms with E-state index in [4.69, 9.17) is 18.7 Å². The standard InChI is InChI=1S/C24H21N3O7/c1-14-10-21-25-16(12-22(28)27(21)34-14)13-33-24(30)15-8-9-20(32-3)18(11-15)26-23(29)17-6-4-5-7-19(17)31-2/h4-12H,13H2,1-3H3,(H,26,29). The second-order valence-electron chi connectivity index (χ2n) is 7.23. The first-order chi connectivity index (χ1) is 16.4. The van der Waals surface area contributed by atoms with Crippen molar-refractivity contribution in [3.8, 4) is 11.5 Å². The van der Waals surface area contributed by atoms with Crippen LogP contribution in [0.1, 0.15) is 32.2 Å². The number of aromatic nitrogens is 2. The molecule has 2 aromatic carbocycles. The van der Waals surface area contributed by atoms with Gasteiger partial charge in [0.2, 0.25) is 0 Å². The summed E-state index contributed by atoms with van der Waals surface area (Å²) in [5.74, 6) is 0.188. The molecule has 0 spiro atoms. The molecule has 10 heteroatoms. The van der Waals surface area contributed by atoms with Gasteiger partial charge in [0, 0.05) is 12.1 Å². The maximum atomic E-state index is 12.8. The fraction of sp³-hybridized carbons (Fsp3) is 0.167. The molecule has 0 aliphatic carbocycles. The van der Waals surface area contributed by atoms with E-state index in [2.05, 4.69) is 10.3 Å². The zero-order valence-corrected chi connectivity index (χ0v) is 18.7. The Kier molecular flexibility index (Phi) is 6.30. The molecule has 1 N–H and O–H groups in total. The summed E-state index contributed by atoms with van der Waals surface area (Å²) in [4.78, 5) is 41.8. The average Bonchev–Trinajstić information content (AvgIpc) is 3.23. The van der Waals surface area contributed by atoms with Gasteiger partial charge in [-0.2, -0.15) is 0 Å². The number of esters is 1. The van der Waals surface area contributed by atoms with Crippen molar-refractivity contribution < 1.29 is 28.3 Å². The van der Waals surface area contributed by atoms with Crippen LogP contribution in [0.5, 0.6) is 11.5 Å². The molecular formula is C24H21N3O7. The van der Waals surface area contributed by atoms with Crippen molar-refractivity contribution in [2.75, 3.05) is 19.5 Å². The summed E-state index contributed by atoms with van der Waals surface area (Å²) < 4.78 is 22.2. The highest BCUT2D eigenvalue weighted by molar-refractivity contribution is 6.07. The van der Waals surface area contributed by atoms with E-state index in [0.29, 0.717) is 28.5 Å². The fourth-order valence-corrected chi connectivity index (χ4v) is 3.32. The number of ether oxygens (including phenoxy) is 3. The van der Waals surface area contributed by atoms with E-state index in [1.54, 1.807) is 43.3 Å². The molecule has 0 radical (unpaired) electrons. The number of methoxy groups -OCH3 is 2. The average molecular weight is 463 g/mol. The van der Waals surface area contributed by atoms with E-state index in [1.807, 2.05) is 0 Å². The third-order valence-corrected chi connectivity index (χ3v) is 4.91. The number of carbonyl (C=O) groups excluding carboxylic acids is 2. The van der Waals surface area contributed by atoms with Crippen LogP contribution < -0.4 is 20.3 Å². The minimum atomic E-state index is -0.666. The number of para-hydroxylation sites is 1. The van der Waals surface area contributed by atoms with Crippen LogP contribution >= 0.6 is 0 Å². The number of rotatable bonds is 7. The van der Waals surface area contributed by atoms with Gasteiger partial charge in [-0.3, -0.25) is 9.59 Å². The van der Waals surface area contributed by atoms with Crippen LogP contribution in [-0.4, -0.2) is 35.7 Å². The molecule has 174 valence electrons. The van der Waals surface area contributed by atoms with Crippen LogP contribution in [0.4, 0.5) is 5.69 Å². The third kappa shape index (κ3) is 4.60. The maximum Gasteiger partial charge on any atom is 0.338 e. The molecular weight excluding hydrogens is 442 g/mol. The van der Waals surface area contributed by atoms with Gasteiger partial charge in [-0.05, 0) is 37.3 Å². The van der Waals surface area contributed by atoms with Gasteiger partial charge in [0.05, 0.1) is 36.7 Å². The van der Waals surface area contributed by atoms with Crippen molar-refractivity contribution in [2.24, 2.45) is 0 Å². The number of benzene rings is 2. The minimum Gasteiger partial charge on any atom is -0.496 e. The number of hydrogen-bond donors (Lipinski definition) is 1. The smallest absolute Gasteiger partial charge is 0.338 e. The molecule has 2 aromatic heterocycles. The van der Waals surface area contributed by atoms with Gasteiger partial charge in [0.15, 0.2) is 5.65 Å². The van der Waals surface area contributed by atoms with Gasteiger partial charge in [-0.25, -0.2) is 9.78 Å². The number of nitrogens with one attached hydrogen (secondary N) is 1. The molecule has 0 fully saturated rings. The zero-order chi connectivity index (χ0) is 24.2. The molecule has 0 aliphatic rings. The summed E-state index contributed by atoms with van der Waals surface area (Å²) in [6, 6.07) is 14.1. The number of fused-ring (bicyclic) bond motifs is 1. The highest BCUT2D eigenvalue weighted by atomic mass is 16.5.